The van der Waals surface area contributed by atoms with Crippen molar-refractivity contribution in [2.75, 3.05) is 22.6 Å². The minimum absolute atomic E-state index is 0.0663. The van der Waals surface area contributed by atoms with E-state index >= 15 is 0 Å². The summed E-state index contributed by atoms with van der Waals surface area (Å²) in [5.41, 5.74) is 3.81. The molecule has 28 heavy (non-hydrogen) atoms. The van der Waals surface area contributed by atoms with Crippen LogP contribution in [0.4, 0.5) is 21.9 Å². The summed E-state index contributed by atoms with van der Waals surface area (Å²) in [7, 11) is 1.75. The summed E-state index contributed by atoms with van der Waals surface area (Å²) >= 11 is 1.55. The molecule has 0 unspecified atom stereocenters. The maximum Gasteiger partial charge on any atom is 0.323 e. The van der Waals surface area contributed by atoms with Crippen LogP contribution >= 0.6 is 11.8 Å². The third-order valence-electron chi connectivity index (χ3n) is 4.61. The van der Waals surface area contributed by atoms with E-state index < -0.39 is 0 Å². The number of para-hydroxylation sites is 1. The smallest absolute Gasteiger partial charge is 0.310 e. The fraction of sp³-hybridized carbons (Fsp3) is 0.0909. The predicted molar refractivity (Wildman–Crippen MR) is 114 cm³/mol. The molecular weight excluding hydrogens is 370 g/mol. The van der Waals surface area contributed by atoms with E-state index in [2.05, 4.69) is 10.6 Å². The topological polar surface area (TPSA) is 61.4 Å². The second kappa shape index (κ2) is 7.40. The van der Waals surface area contributed by atoms with Gasteiger partial charge in [0, 0.05) is 28.2 Å². The van der Waals surface area contributed by atoms with Gasteiger partial charge >= 0.3 is 6.03 Å². The van der Waals surface area contributed by atoms with Crippen molar-refractivity contribution >= 4 is 40.8 Å². The zero-order valence-electron chi connectivity index (χ0n) is 15.5. The molecule has 1 heterocycles. The van der Waals surface area contributed by atoms with Crippen molar-refractivity contribution in [2.24, 2.45) is 0 Å². The number of carbonyl (C=O) groups excluding carboxylic acids is 2. The number of amides is 3. The third-order valence-corrected chi connectivity index (χ3v) is 5.75. The molecule has 0 atom stereocenters. The Bertz CT molecular complexity index is 1080. The number of nitrogens with one attached hydrogen (secondary N) is 2. The minimum Gasteiger partial charge on any atom is -0.310 e. The van der Waals surface area contributed by atoms with Gasteiger partial charge in [0.15, 0.2) is 0 Å². The third kappa shape index (κ3) is 3.46. The molecule has 0 aliphatic carbocycles. The number of anilines is 3. The lowest BCUT2D eigenvalue weighted by Crippen LogP contribution is -2.26. The Kier molecular flexibility index (Phi) is 4.79. The van der Waals surface area contributed by atoms with Crippen LogP contribution < -0.4 is 15.5 Å². The Morgan fingerprint density at radius 2 is 1.68 bits per heavy atom. The Hall–Kier alpha value is -3.25. The molecular formula is C22H19N3O2S. The molecule has 5 nitrogen and oxygen atoms in total. The quantitative estimate of drug-likeness (QED) is 0.618. The molecule has 0 saturated heterocycles. The summed E-state index contributed by atoms with van der Waals surface area (Å²) in [6.45, 7) is 1.94. The summed E-state index contributed by atoms with van der Waals surface area (Å²) in [4.78, 5) is 28.7. The van der Waals surface area contributed by atoms with Crippen LogP contribution in [0.1, 0.15) is 15.9 Å². The highest BCUT2D eigenvalue weighted by atomic mass is 32.2. The van der Waals surface area contributed by atoms with Crippen LogP contribution in [0.5, 0.6) is 0 Å². The summed E-state index contributed by atoms with van der Waals surface area (Å²) in [6.07, 6.45) is 0. The Labute approximate surface area is 167 Å². The van der Waals surface area contributed by atoms with Gasteiger partial charge in [-0.3, -0.25) is 4.79 Å². The van der Waals surface area contributed by atoms with Gasteiger partial charge in [0.1, 0.15) is 0 Å². The first-order valence-corrected chi connectivity index (χ1v) is 9.67. The predicted octanol–water partition coefficient (Wildman–Crippen LogP) is 5.38. The van der Waals surface area contributed by atoms with Crippen LogP contribution in [-0.4, -0.2) is 19.0 Å². The van der Waals surface area contributed by atoms with Crippen molar-refractivity contribution in [2.45, 2.75) is 16.7 Å². The maximum atomic E-state index is 12.8. The molecule has 0 radical (unpaired) electrons. The minimum atomic E-state index is -0.326. The van der Waals surface area contributed by atoms with Crippen LogP contribution in [0, 0.1) is 6.92 Å². The first-order valence-electron chi connectivity index (χ1n) is 8.85. The molecule has 1 aliphatic rings. The zero-order valence-corrected chi connectivity index (χ0v) is 16.3. The number of urea groups is 1. The summed E-state index contributed by atoms with van der Waals surface area (Å²) in [5, 5.41) is 5.70. The number of carbonyl (C=O) groups is 2. The summed E-state index contributed by atoms with van der Waals surface area (Å²) < 4.78 is 0. The molecule has 0 fully saturated rings. The Morgan fingerprint density at radius 1 is 0.929 bits per heavy atom. The van der Waals surface area contributed by atoms with Crippen LogP contribution in [-0.2, 0) is 0 Å². The van der Waals surface area contributed by atoms with Gasteiger partial charge in [-0.25, -0.2) is 4.79 Å². The lowest BCUT2D eigenvalue weighted by Gasteiger charge is -2.18. The zero-order chi connectivity index (χ0) is 19.7. The van der Waals surface area contributed by atoms with Crippen LogP contribution in [0.15, 0.2) is 76.5 Å². The molecule has 4 rings (SSSR count). The van der Waals surface area contributed by atoms with Crippen LogP contribution in [0.25, 0.3) is 0 Å². The average Bonchev–Trinajstić information content (AvgIpc) is 2.79. The van der Waals surface area contributed by atoms with E-state index in [-0.39, 0.29) is 11.9 Å². The molecule has 0 bridgehead atoms. The van der Waals surface area contributed by atoms with Crippen LogP contribution in [0.3, 0.4) is 0 Å². The normalized spacial score (nSPS) is 12.6. The van der Waals surface area contributed by atoms with E-state index in [1.165, 1.54) is 0 Å². The number of rotatable bonds is 2. The second-order valence-electron chi connectivity index (χ2n) is 6.54. The van der Waals surface area contributed by atoms with E-state index in [0.29, 0.717) is 11.3 Å². The number of aryl methyl sites for hydroxylation is 1. The second-order valence-corrected chi connectivity index (χ2v) is 7.62. The van der Waals surface area contributed by atoms with E-state index in [9.17, 15) is 9.59 Å². The monoisotopic (exact) mass is 389 g/mol. The van der Waals surface area contributed by atoms with Gasteiger partial charge in [-0.2, -0.15) is 0 Å². The SMILES string of the molecule is Cc1ccccc1NC(=O)Nc1ccc2c(c1)N(C)C(=O)c1ccccc1S2. The molecule has 6 heteroatoms. The molecule has 2 N–H and O–H groups in total. The first-order chi connectivity index (χ1) is 13.5. The van der Waals surface area contributed by atoms with E-state index in [4.69, 9.17) is 0 Å². The van der Waals surface area contributed by atoms with Crippen molar-refractivity contribution < 1.29 is 9.59 Å². The molecule has 1 aliphatic heterocycles. The standard InChI is InChI=1S/C22H19N3O2S/c1-14-7-3-5-9-17(14)24-22(27)23-15-11-12-20-18(13-15)25(2)21(26)16-8-4-6-10-19(16)28-20/h3-13H,1-2H3,(H2,23,24,27). The molecule has 140 valence electrons. The maximum absolute atomic E-state index is 12.8. The molecule has 3 aromatic carbocycles. The number of fused-ring (bicyclic) bond motifs is 2. The molecule has 0 aromatic heterocycles. The fourth-order valence-corrected chi connectivity index (χ4v) is 4.17. The number of benzene rings is 3. The van der Waals surface area contributed by atoms with E-state index in [1.807, 2.05) is 73.7 Å². The molecule has 3 aromatic rings. The largest absolute Gasteiger partial charge is 0.323 e. The lowest BCUT2D eigenvalue weighted by atomic mass is 10.2. The van der Waals surface area contributed by atoms with Gasteiger partial charge in [0.25, 0.3) is 5.91 Å². The van der Waals surface area contributed by atoms with Gasteiger partial charge in [0.2, 0.25) is 0 Å². The van der Waals surface area contributed by atoms with E-state index in [0.717, 1.165) is 26.7 Å². The highest BCUT2D eigenvalue weighted by Crippen LogP contribution is 2.41. The Balaban J connectivity index is 1.58. The van der Waals surface area contributed by atoms with Crippen molar-refractivity contribution in [3.63, 3.8) is 0 Å². The molecule has 0 spiro atoms. The number of hydrogen-bond acceptors (Lipinski definition) is 3. The molecule has 0 saturated carbocycles. The number of nitrogens with zero attached hydrogens (tertiary/aromatic N) is 1. The summed E-state index contributed by atoms with van der Waals surface area (Å²) in [5.74, 6) is -0.0663. The Morgan fingerprint density at radius 3 is 2.50 bits per heavy atom. The van der Waals surface area contributed by atoms with Gasteiger partial charge in [0.05, 0.1) is 11.3 Å². The van der Waals surface area contributed by atoms with Crippen LogP contribution in [0.2, 0.25) is 0 Å². The lowest BCUT2D eigenvalue weighted by molar-refractivity contribution is 0.0990. The highest BCUT2D eigenvalue weighted by molar-refractivity contribution is 7.99. The van der Waals surface area contributed by atoms with Crippen molar-refractivity contribution in [3.8, 4) is 0 Å². The van der Waals surface area contributed by atoms with Crippen molar-refractivity contribution in [1.29, 1.82) is 0 Å². The van der Waals surface area contributed by atoms with Crippen molar-refractivity contribution in [1.82, 2.24) is 0 Å². The van der Waals surface area contributed by atoms with Gasteiger partial charge in [-0.05, 0) is 48.9 Å². The average molecular weight is 389 g/mol. The van der Waals surface area contributed by atoms with Gasteiger partial charge in [-0.15, -0.1) is 0 Å². The van der Waals surface area contributed by atoms with Crippen molar-refractivity contribution in [3.05, 3.63) is 77.9 Å². The fourth-order valence-electron chi connectivity index (χ4n) is 3.08. The van der Waals surface area contributed by atoms with E-state index in [1.54, 1.807) is 23.7 Å². The summed E-state index contributed by atoms with van der Waals surface area (Å²) in [6, 6.07) is 20.4. The highest BCUT2D eigenvalue weighted by Gasteiger charge is 2.24. The number of hydrogen-bond donors (Lipinski definition) is 2. The van der Waals surface area contributed by atoms with Gasteiger partial charge in [-0.1, -0.05) is 42.1 Å². The first kappa shape index (κ1) is 18.1. The molecule has 3 amide bonds. The van der Waals surface area contributed by atoms with Gasteiger partial charge < -0.3 is 15.5 Å².